The van der Waals surface area contributed by atoms with Crippen LogP contribution in [0.25, 0.3) is 0 Å². The lowest BCUT2D eigenvalue weighted by molar-refractivity contribution is -0.713. The number of carbonyl (C=O) groups excluding carboxylic acids is 1. The smallest absolute Gasteiger partial charge is 0.358 e. The molecule has 1 aromatic heterocycles. The van der Waals surface area contributed by atoms with E-state index in [-0.39, 0.29) is 12.2 Å². The van der Waals surface area contributed by atoms with E-state index >= 15 is 0 Å². The second-order valence-electron chi connectivity index (χ2n) is 4.71. The standard InChI is InChI=1S/C15H16N2O5S/c1-17-5-2-4-16-15(17)23-7-3-6-22-14(21)10-8-11(18)13(20)12(19)9-10/h2,4-5,8-9H,3,6-7H2,1H3,(H2-,18,19,20,21)/p+1. The van der Waals surface area contributed by atoms with Crippen LogP contribution in [0.2, 0.25) is 0 Å². The molecule has 2 rings (SSSR count). The monoisotopic (exact) mass is 337 g/mol. The SMILES string of the molecule is C[n+]1cccnc1SCCCOC(=O)c1cc(O)c(O)c(O)c1. The molecule has 0 aliphatic carbocycles. The van der Waals surface area contributed by atoms with Crippen molar-refractivity contribution in [2.75, 3.05) is 12.4 Å². The molecule has 1 heterocycles. The summed E-state index contributed by atoms with van der Waals surface area (Å²) >= 11 is 1.55. The highest BCUT2D eigenvalue weighted by atomic mass is 32.2. The van der Waals surface area contributed by atoms with Crippen LogP contribution in [0.1, 0.15) is 16.8 Å². The Labute approximate surface area is 137 Å². The van der Waals surface area contributed by atoms with E-state index in [9.17, 15) is 20.1 Å². The van der Waals surface area contributed by atoms with E-state index in [1.807, 2.05) is 23.9 Å². The number of hydrogen-bond acceptors (Lipinski definition) is 7. The van der Waals surface area contributed by atoms with Gasteiger partial charge in [-0.2, -0.15) is 0 Å². The van der Waals surface area contributed by atoms with Crippen LogP contribution < -0.4 is 4.57 Å². The van der Waals surface area contributed by atoms with Crippen LogP contribution in [-0.4, -0.2) is 38.6 Å². The number of phenolic OH excluding ortho intramolecular Hbond substituents is 3. The number of aromatic nitrogens is 2. The molecule has 0 amide bonds. The van der Waals surface area contributed by atoms with E-state index in [1.54, 1.807) is 18.0 Å². The van der Waals surface area contributed by atoms with Gasteiger partial charge in [0.1, 0.15) is 6.20 Å². The molecular formula is C15H17N2O5S+. The van der Waals surface area contributed by atoms with Crippen molar-refractivity contribution < 1.29 is 29.4 Å². The molecule has 0 bridgehead atoms. The number of hydrogen-bond donors (Lipinski definition) is 3. The van der Waals surface area contributed by atoms with Crippen molar-refractivity contribution in [1.29, 1.82) is 0 Å². The maximum absolute atomic E-state index is 11.8. The van der Waals surface area contributed by atoms with Crippen LogP contribution in [-0.2, 0) is 11.8 Å². The maximum atomic E-state index is 11.8. The summed E-state index contributed by atoms with van der Waals surface area (Å²) in [6, 6.07) is 3.92. The second-order valence-corrected chi connectivity index (χ2v) is 5.78. The minimum absolute atomic E-state index is 0.0263. The number of rotatable bonds is 6. The van der Waals surface area contributed by atoms with Gasteiger partial charge in [0.05, 0.1) is 25.4 Å². The van der Waals surface area contributed by atoms with E-state index in [1.165, 1.54) is 0 Å². The van der Waals surface area contributed by atoms with Crippen molar-refractivity contribution in [2.24, 2.45) is 7.05 Å². The molecule has 3 N–H and O–H groups in total. The first-order valence-electron chi connectivity index (χ1n) is 6.84. The molecule has 0 aliphatic rings. The molecule has 8 heteroatoms. The summed E-state index contributed by atoms with van der Waals surface area (Å²) in [6.45, 7) is 0.199. The predicted molar refractivity (Wildman–Crippen MR) is 82.5 cm³/mol. The highest BCUT2D eigenvalue weighted by Gasteiger charge is 2.14. The summed E-state index contributed by atoms with van der Waals surface area (Å²) < 4.78 is 6.96. The summed E-state index contributed by atoms with van der Waals surface area (Å²) in [7, 11) is 1.90. The van der Waals surface area contributed by atoms with Crippen molar-refractivity contribution in [3.8, 4) is 17.2 Å². The summed E-state index contributed by atoms with van der Waals surface area (Å²) in [6.07, 6.45) is 4.24. The minimum Gasteiger partial charge on any atom is -0.504 e. The summed E-state index contributed by atoms with van der Waals surface area (Å²) in [4.78, 5) is 16.0. The Morgan fingerprint density at radius 1 is 1.30 bits per heavy atom. The van der Waals surface area contributed by atoms with Crippen LogP contribution in [0.4, 0.5) is 0 Å². The third-order valence-electron chi connectivity index (χ3n) is 2.94. The Morgan fingerprint density at radius 2 is 2.00 bits per heavy atom. The quantitative estimate of drug-likeness (QED) is 0.183. The highest BCUT2D eigenvalue weighted by molar-refractivity contribution is 7.99. The molecule has 0 saturated carbocycles. The predicted octanol–water partition coefficient (Wildman–Crippen LogP) is 1.36. The molecule has 1 aromatic carbocycles. The Kier molecular flexibility index (Phi) is 5.64. The lowest BCUT2D eigenvalue weighted by Crippen LogP contribution is -2.31. The zero-order valence-corrected chi connectivity index (χ0v) is 13.3. The first-order chi connectivity index (χ1) is 11.0. The number of phenols is 3. The number of thioether (sulfide) groups is 1. The number of benzene rings is 1. The van der Waals surface area contributed by atoms with Crippen LogP contribution in [0.5, 0.6) is 17.2 Å². The molecule has 23 heavy (non-hydrogen) atoms. The van der Waals surface area contributed by atoms with Crippen LogP contribution >= 0.6 is 11.8 Å². The molecule has 2 aromatic rings. The van der Waals surface area contributed by atoms with Crippen molar-refractivity contribution in [3.05, 3.63) is 36.2 Å². The van der Waals surface area contributed by atoms with Gasteiger partial charge >= 0.3 is 11.1 Å². The Hall–Kier alpha value is -2.48. The number of nitrogens with zero attached hydrogens (tertiary/aromatic N) is 2. The van der Waals surface area contributed by atoms with Gasteiger partial charge in [-0.05, 0) is 35.3 Å². The van der Waals surface area contributed by atoms with Gasteiger partial charge in [-0.25, -0.2) is 9.36 Å². The third kappa shape index (κ3) is 4.49. The molecule has 0 spiro atoms. The van der Waals surface area contributed by atoms with Crippen LogP contribution in [0.3, 0.4) is 0 Å². The van der Waals surface area contributed by atoms with E-state index in [0.29, 0.717) is 6.42 Å². The number of aromatic hydroxyl groups is 3. The fourth-order valence-electron chi connectivity index (χ4n) is 1.76. The van der Waals surface area contributed by atoms with E-state index < -0.39 is 23.2 Å². The Balaban J connectivity index is 1.78. The zero-order valence-electron chi connectivity index (χ0n) is 12.5. The van der Waals surface area contributed by atoms with Crippen molar-refractivity contribution in [3.63, 3.8) is 0 Å². The van der Waals surface area contributed by atoms with Gasteiger partial charge in [0, 0.05) is 11.8 Å². The van der Waals surface area contributed by atoms with E-state index in [0.717, 1.165) is 23.0 Å². The molecule has 0 aliphatic heterocycles. The van der Waals surface area contributed by atoms with Gasteiger partial charge in [0.15, 0.2) is 17.2 Å². The first kappa shape index (κ1) is 16.9. The zero-order chi connectivity index (χ0) is 16.8. The van der Waals surface area contributed by atoms with E-state index in [4.69, 9.17) is 4.74 Å². The summed E-state index contributed by atoms with van der Waals surface area (Å²) in [5.41, 5.74) is -0.0263. The fourth-order valence-corrected chi connectivity index (χ4v) is 2.61. The normalized spacial score (nSPS) is 10.5. The van der Waals surface area contributed by atoms with Gasteiger partial charge in [-0.1, -0.05) is 0 Å². The summed E-state index contributed by atoms with van der Waals surface area (Å²) in [5.74, 6) is -1.76. The molecule has 7 nitrogen and oxygen atoms in total. The molecule has 0 saturated heterocycles. The number of carbonyl (C=O) groups is 1. The largest absolute Gasteiger partial charge is 0.504 e. The average molecular weight is 337 g/mol. The lowest BCUT2D eigenvalue weighted by Gasteiger charge is -2.06. The van der Waals surface area contributed by atoms with Gasteiger partial charge < -0.3 is 20.1 Å². The molecule has 0 radical (unpaired) electrons. The van der Waals surface area contributed by atoms with Gasteiger partial charge in [-0.15, -0.1) is 0 Å². The maximum Gasteiger partial charge on any atom is 0.358 e. The molecular weight excluding hydrogens is 320 g/mol. The molecule has 0 atom stereocenters. The van der Waals surface area contributed by atoms with E-state index in [2.05, 4.69) is 4.98 Å². The van der Waals surface area contributed by atoms with Gasteiger partial charge in [-0.3, -0.25) is 0 Å². The van der Waals surface area contributed by atoms with Gasteiger partial charge in [0.25, 0.3) is 0 Å². The first-order valence-corrected chi connectivity index (χ1v) is 7.83. The van der Waals surface area contributed by atoms with Crippen molar-refractivity contribution >= 4 is 17.7 Å². The Morgan fingerprint density at radius 3 is 2.65 bits per heavy atom. The lowest BCUT2D eigenvalue weighted by atomic mass is 10.2. The number of esters is 1. The Bertz CT molecular complexity index is 685. The molecule has 122 valence electrons. The number of aryl methyl sites for hydroxylation is 1. The molecule has 0 fully saturated rings. The van der Waals surface area contributed by atoms with Gasteiger partial charge in [0.2, 0.25) is 0 Å². The van der Waals surface area contributed by atoms with Crippen molar-refractivity contribution in [1.82, 2.24) is 4.98 Å². The second kappa shape index (κ2) is 7.68. The average Bonchev–Trinajstić information content (AvgIpc) is 2.53. The fraction of sp³-hybridized carbons (Fsp3) is 0.267. The highest BCUT2D eigenvalue weighted by Crippen LogP contribution is 2.35. The number of ether oxygens (including phenoxy) is 1. The topological polar surface area (TPSA) is 104 Å². The minimum atomic E-state index is -0.677. The molecule has 0 unspecified atom stereocenters. The third-order valence-corrected chi connectivity index (χ3v) is 4.09. The van der Waals surface area contributed by atoms with Crippen LogP contribution in [0, 0.1) is 0 Å². The van der Waals surface area contributed by atoms with Crippen molar-refractivity contribution in [2.45, 2.75) is 11.6 Å². The summed E-state index contributed by atoms with van der Waals surface area (Å²) in [5, 5.41) is 28.8. The van der Waals surface area contributed by atoms with Crippen LogP contribution in [0.15, 0.2) is 35.7 Å².